The molecular weight excluding hydrogens is 334 g/mol. The van der Waals surface area contributed by atoms with Crippen molar-refractivity contribution in [2.24, 2.45) is 7.05 Å². The molecule has 1 aliphatic rings. The van der Waals surface area contributed by atoms with E-state index in [9.17, 15) is 9.90 Å². The highest BCUT2D eigenvalue weighted by Crippen LogP contribution is 2.40. The van der Waals surface area contributed by atoms with E-state index in [4.69, 9.17) is 14.2 Å². The number of benzene rings is 3. The summed E-state index contributed by atoms with van der Waals surface area (Å²) in [5.41, 5.74) is 0.624. The van der Waals surface area contributed by atoms with Crippen LogP contribution in [-0.2, 0) is 7.05 Å². The van der Waals surface area contributed by atoms with Crippen molar-refractivity contribution in [3.8, 4) is 23.0 Å². The Labute approximate surface area is 147 Å². The number of hydrogen-bond acceptors (Lipinski definition) is 5. The summed E-state index contributed by atoms with van der Waals surface area (Å²) in [5, 5.41) is 14.1. The maximum atomic E-state index is 13.0. The quantitative estimate of drug-likeness (QED) is 0.534. The summed E-state index contributed by atoms with van der Waals surface area (Å²) in [7, 11) is 3.20. The van der Waals surface area contributed by atoms with Gasteiger partial charge in [0.25, 0.3) is 5.56 Å². The number of phenolic OH excluding ortho intramolecular Hbond substituents is 1. The number of phenols is 1. The second kappa shape index (κ2) is 5.05. The summed E-state index contributed by atoms with van der Waals surface area (Å²) < 4.78 is 17.7. The first kappa shape index (κ1) is 14.9. The third kappa shape index (κ3) is 1.84. The molecule has 1 N–H and O–H groups in total. The second-order valence-electron chi connectivity index (χ2n) is 6.32. The molecule has 0 saturated heterocycles. The Morgan fingerprint density at radius 2 is 1.77 bits per heavy atom. The Kier molecular flexibility index (Phi) is 2.89. The summed E-state index contributed by atoms with van der Waals surface area (Å²) >= 11 is 0. The highest BCUT2D eigenvalue weighted by atomic mass is 16.7. The van der Waals surface area contributed by atoms with Gasteiger partial charge in [0, 0.05) is 23.2 Å². The van der Waals surface area contributed by atoms with Gasteiger partial charge in [-0.1, -0.05) is 12.1 Å². The molecule has 5 rings (SSSR count). The Morgan fingerprint density at radius 3 is 2.54 bits per heavy atom. The van der Waals surface area contributed by atoms with Gasteiger partial charge in [0.05, 0.1) is 18.0 Å². The van der Waals surface area contributed by atoms with Crippen molar-refractivity contribution in [3.63, 3.8) is 0 Å². The molecule has 0 fully saturated rings. The number of hydrogen-bond donors (Lipinski definition) is 1. The van der Waals surface area contributed by atoms with Crippen molar-refractivity contribution in [3.05, 3.63) is 46.8 Å². The maximum Gasteiger partial charge on any atom is 0.258 e. The van der Waals surface area contributed by atoms with Crippen molar-refractivity contribution >= 4 is 32.4 Å². The predicted molar refractivity (Wildman–Crippen MR) is 98.5 cm³/mol. The van der Waals surface area contributed by atoms with Crippen LogP contribution >= 0.6 is 0 Å². The van der Waals surface area contributed by atoms with E-state index in [0.717, 1.165) is 21.7 Å². The predicted octanol–water partition coefficient (Wildman–Crippen LogP) is 3.29. The second-order valence-corrected chi connectivity index (χ2v) is 6.32. The number of fused-ring (bicyclic) bond motifs is 6. The number of methoxy groups -OCH3 is 1. The van der Waals surface area contributed by atoms with Crippen LogP contribution in [0.2, 0.25) is 0 Å². The molecule has 0 atom stereocenters. The molecule has 1 aromatic heterocycles. The maximum absolute atomic E-state index is 13.0. The lowest BCUT2D eigenvalue weighted by atomic mass is 10.00. The SMILES string of the molecule is COc1cc2c(=O)n(C)c3c4cc5c(cc4ccc3c2cc1O)OCO5. The van der Waals surface area contributed by atoms with Gasteiger partial charge in [-0.2, -0.15) is 0 Å². The van der Waals surface area contributed by atoms with Crippen LogP contribution in [0.3, 0.4) is 0 Å². The molecule has 0 saturated carbocycles. The zero-order chi connectivity index (χ0) is 18.0. The minimum absolute atomic E-state index is 0.000312. The molecule has 6 nitrogen and oxygen atoms in total. The molecule has 2 heterocycles. The van der Waals surface area contributed by atoms with Gasteiger partial charge in [-0.25, -0.2) is 0 Å². The highest BCUT2D eigenvalue weighted by molar-refractivity contribution is 6.16. The van der Waals surface area contributed by atoms with Crippen molar-refractivity contribution in [1.82, 2.24) is 4.57 Å². The average Bonchev–Trinajstić information content (AvgIpc) is 3.10. The van der Waals surface area contributed by atoms with Crippen LogP contribution in [0.25, 0.3) is 32.4 Å². The van der Waals surface area contributed by atoms with Crippen LogP contribution in [0, 0.1) is 0 Å². The van der Waals surface area contributed by atoms with Crippen molar-refractivity contribution in [1.29, 1.82) is 0 Å². The lowest BCUT2D eigenvalue weighted by molar-refractivity contribution is 0.174. The number of aromatic hydroxyl groups is 1. The third-order valence-corrected chi connectivity index (χ3v) is 4.96. The zero-order valence-electron chi connectivity index (χ0n) is 14.2. The first-order valence-corrected chi connectivity index (χ1v) is 8.14. The van der Waals surface area contributed by atoms with Gasteiger partial charge >= 0.3 is 0 Å². The van der Waals surface area contributed by atoms with Gasteiger partial charge in [-0.3, -0.25) is 4.79 Å². The van der Waals surface area contributed by atoms with Crippen LogP contribution in [0.1, 0.15) is 0 Å². The van der Waals surface area contributed by atoms with E-state index in [1.165, 1.54) is 7.11 Å². The van der Waals surface area contributed by atoms with E-state index in [1.54, 1.807) is 23.7 Å². The lowest BCUT2D eigenvalue weighted by Gasteiger charge is -2.14. The third-order valence-electron chi connectivity index (χ3n) is 4.96. The summed E-state index contributed by atoms with van der Waals surface area (Å²) in [6, 6.07) is 10.9. The molecule has 3 aromatic carbocycles. The molecule has 6 heteroatoms. The lowest BCUT2D eigenvalue weighted by Crippen LogP contribution is -2.17. The van der Waals surface area contributed by atoms with Crippen LogP contribution in [-0.4, -0.2) is 23.6 Å². The van der Waals surface area contributed by atoms with E-state index in [2.05, 4.69) is 0 Å². The summed E-state index contributed by atoms with van der Waals surface area (Å²) in [4.78, 5) is 13.0. The number of aryl methyl sites for hydroxylation is 1. The normalized spacial score (nSPS) is 13.0. The van der Waals surface area contributed by atoms with Crippen molar-refractivity contribution in [2.75, 3.05) is 13.9 Å². The van der Waals surface area contributed by atoms with E-state index in [1.807, 2.05) is 24.3 Å². The number of aromatic nitrogens is 1. The minimum atomic E-state index is -0.157. The van der Waals surface area contributed by atoms with Gasteiger partial charge in [0.1, 0.15) is 0 Å². The van der Waals surface area contributed by atoms with E-state index in [-0.39, 0.29) is 23.9 Å². The molecule has 130 valence electrons. The first-order valence-electron chi connectivity index (χ1n) is 8.14. The fraction of sp³-hybridized carbons (Fsp3) is 0.150. The smallest absolute Gasteiger partial charge is 0.258 e. The Bertz CT molecular complexity index is 1290. The number of ether oxygens (including phenoxy) is 3. The van der Waals surface area contributed by atoms with Crippen molar-refractivity contribution in [2.45, 2.75) is 0 Å². The monoisotopic (exact) mass is 349 g/mol. The van der Waals surface area contributed by atoms with Crippen LogP contribution in [0.5, 0.6) is 23.0 Å². The number of pyridine rings is 1. The molecular formula is C20H15NO5. The fourth-order valence-electron chi connectivity index (χ4n) is 3.69. The zero-order valence-corrected chi connectivity index (χ0v) is 14.2. The van der Waals surface area contributed by atoms with Gasteiger partial charge in [0.15, 0.2) is 23.0 Å². The summed E-state index contributed by atoms with van der Waals surface area (Å²) in [6.07, 6.45) is 0. The average molecular weight is 349 g/mol. The van der Waals surface area contributed by atoms with Crippen LogP contribution < -0.4 is 19.8 Å². The molecule has 0 bridgehead atoms. The molecule has 0 amide bonds. The molecule has 1 aliphatic heterocycles. The molecule has 4 aromatic rings. The largest absolute Gasteiger partial charge is 0.504 e. The van der Waals surface area contributed by atoms with Crippen LogP contribution in [0.15, 0.2) is 41.2 Å². The molecule has 0 unspecified atom stereocenters. The topological polar surface area (TPSA) is 69.9 Å². The van der Waals surface area contributed by atoms with E-state index < -0.39 is 0 Å². The van der Waals surface area contributed by atoms with Gasteiger partial charge in [0.2, 0.25) is 6.79 Å². The van der Waals surface area contributed by atoms with Gasteiger partial charge in [-0.05, 0) is 29.7 Å². The molecule has 26 heavy (non-hydrogen) atoms. The standard InChI is InChI=1S/C20H15NO5/c1-21-19-11(13-6-15(22)16(24-2)8-14(13)20(21)23)4-3-10-5-17-18(7-12(10)19)26-9-25-17/h3-8,22H,9H2,1-2H3. The van der Waals surface area contributed by atoms with Gasteiger partial charge in [-0.15, -0.1) is 0 Å². The van der Waals surface area contributed by atoms with Gasteiger partial charge < -0.3 is 23.9 Å². The first-order chi connectivity index (χ1) is 12.6. The van der Waals surface area contributed by atoms with Crippen LogP contribution in [0.4, 0.5) is 0 Å². The highest BCUT2D eigenvalue weighted by Gasteiger charge is 2.18. The fourth-order valence-corrected chi connectivity index (χ4v) is 3.69. The Morgan fingerprint density at radius 1 is 1.00 bits per heavy atom. The number of rotatable bonds is 1. The van der Waals surface area contributed by atoms with Crippen molar-refractivity contribution < 1.29 is 19.3 Å². The Hall–Kier alpha value is -3.41. The molecule has 0 radical (unpaired) electrons. The molecule has 0 spiro atoms. The van der Waals surface area contributed by atoms with E-state index >= 15 is 0 Å². The number of nitrogens with zero attached hydrogens (tertiary/aromatic N) is 1. The summed E-state index contributed by atoms with van der Waals surface area (Å²) in [5.74, 6) is 1.64. The summed E-state index contributed by atoms with van der Waals surface area (Å²) in [6.45, 7) is 0.194. The van der Waals surface area contributed by atoms with E-state index in [0.29, 0.717) is 22.3 Å². The molecule has 0 aliphatic carbocycles. The minimum Gasteiger partial charge on any atom is -0.504 e. The Balaban J connectivity index is 2.01.